The topological polar surface area (TPSA) is 0 Å². The summed E-state index contributed by atoms with van der Waals surface area (Å²) in [5, 5.41) is 0. The number of rotatable bonds is 9. The van der Waals surface area contributed by atoms with Crippen LogP contribution in [0.25, 0.3) is 0 Å². The van der Waals surface area contributed by atoms with Crippen molar-refractivity contribution in [2.24, 2.45) is 35.5 Å². The third kappa shape index (κ3) is 12.3. The summed E-state index contributed by atoms with van der Waals surface area (Å²) in [4.78, 5) is 0. The molecular formula is C35H50Cl2Zr. The van der Waals surface area contributed by atoms with Gasteiger partial charge >= 0.3 is 37.9 Å². The average molecular weight is 633 g/mol. The van der Waals surface area contributed by atoms with Gasteiger partial charge in [0, 0.05) is 0 Å². The first-order valence-electron chi connectivity index (χ1n) is 14.1. The van der Waals surface area contributed by atoms with Crippen molar-refractivity contribution in [3.05, 3.63) is 112 Å². The number of hydrogen-bond donors (Lipinski definition) is 0. The van der Waals surface area contributed by atoms with E-state index >= 15 is 0 Å². The minimum atomic E-state index is -0.826. The van der Waals surface area contributed by atoms with Crippen molar-refractivity contribution in [3.63, 3.8) is 0 Å². The molecule has 5 unspecified atom stereocenters. The van der Waals surface area contributed by atoms with Gasteiger partial charge in [-0.15, -0.1) is 6.58 Å². The summed E-state index contributed by atoms with van der Waals surface area (Å²) in [5.41, 5.74) is 1.49. The van der Waals surface area contributed by atoms with Crippen molar-refractivity contribution >= 4 is 17.0 Å². The van der Waals surface area contributed by atoms with Crippen molar-refractivity contribution in [2.75, 3.05) is 0 Å². The maximum atomic E-state index is 4.93. The van der Waals surface area contributed by atoms with Crippen LogP contribution >= 0.6 is 17.0 Å². The van der Waals surface area contributed by atoms with Crippen LogP contribution in [-0.4, -0.2) is 0 Å². The van der Waals surface area contributed by atoms with E-state index in [0.29, 0.717) is 0 Å². The van der Waals surface area contributed by atoms with Gasteiger partial charge in [-0.05, 0) is 98.9 Å². The van der Waals surface area contributed by atoms with Gasteiger partial charge in [-0.1, -0.05) is 97.9 Å². The van der Waals surface area contributed by atoms with Crippen molar-refractivity contribution in [3.8, 4) is 0 Å². The maximum absolute atomic E-state index is 4.93. The molecule has 1 aromatic rings. The molecule has 0 amide bonds. The summed E-state index contributed by atoms with van der Waals surface area (Å²) in [6.07, 6.45) is 35.7. The zero-order valence-electron chi connectivity index (χ0n) is 23.8. The first kappa shape index (κ1) is 35.4. The molecule has 2 saturated carbocycles. The van der Waals surface area contributed by atoms with Gasteiger partial charge in [0.2, 0.25) is 0 Å². The molecule has 5 atom stereocenters. The van der Waals surface area contributed by atoms with Gasteiger partial charge in [0.25, 0.3) is 0 Å². The number of hydrogen-bond acceptors (Lipinski definition) is 0. The van der Waals surface area contributed by atoms with Gasteiger partial charge in [-0.3, -0.25) is 0 Å². The number of halogens is 2. The Bertz CT molecular complexity index is 836. The van der Waals surface area contributed by atoms with E-state index in [2.05, 4.69) is 85.5 Å². The molecule has 0 bridgehead atoms. The number of unbranched alkanes of at least 4 members (excludes halogenated alkanes) is 2. The van der Waals surface area contributed by atoms with Crippen LogP contribution in [0.2, 0.25) is 0 Å². The summed E-state index contributed by atoms with van der Waals surface area (Å²) in [6, 6.07) is 10.9. The molecule has 0 nitrogen and oxygen atoms in total. The molecule has 1 aromatic carbocycles. The van der Waals surface area contributed by atoms with Crippen LogP contribution in [0, 0.1) is 50.4 Å². The van der Waals surface area contributed by atoms with Crippen LogP contribution in [0.4, 0.5) is 0 Å². The van der Waals surface area contributed by atoms with E-state index in [-0.39, 0.29) is 14.9 Å². The number of aryl methyl sites for hydroxylation is 1. The van der Waals surface area contributed by atoms with Crippen LogP contribution < -0.4 is 0 Å². The third-order valence-corrected chi connectivity index (χ3v) is 8.45. The normalized spacial score (nSPS) is 27.2. The quantitative estimate of drug-likeness (QED) is 0.144. The summed E-state index contributed by atoms with van der Waals surface area (Å²) in [5.74, 6) is 5.32. The van der Waals surface area contributed by atoms with E-state index in [1.807, 2.05) is 6.08 Å². The molecule has 0 aromatic heterocycles. The van der Waals surface area contributed by atoms with Crippen LogP contribution in [-0.2, 0) is 27.3 Å². The Balaban J connectivity index is 0.000000333. The molecular weight excluding hydrogens is 583 g/mol. The first-order chi connectivity index (χ1) is 17.7. The van der Waals surface area contributed by atoms with E-state index in [0.717, 1.165) is 35.5 Å². The standard InChI is InChI=1S/C18H22.C15H22.2CH3.2ClH.Zr/c1-2-7-15(8-3-1)9-6-10-16-13-17-11-4-5-12-18(17)14-16;1-2-3-4-5-8-13-11-12-14-9-6-7-10-15(13)14;;;;;/h1-5,7-8,11-12,16-18H,6,9-10,13-14H2;2,6-7,9-10,13-15H,1,3-5,8,11-12H2;2*1H3;2*1H;/q;;2*-1;;;+4/p-2. The van der Waals surface area contributed by atoms with Crippen molar-refractivity contribution < 1.29 is 20.8 Å². The summed E-state index contributed by atoms with van der Waals surface area (Å²) in [6.45, 7) is 3.78. The first-order valence-corrected chi connectivity index (χ1v) is 20.4. The molecule has 4 aliphatic rings. The van der Waals surface area contributed by atoms with E-state index in [1.165, 1.54) is 76.2 Å². The predicted molar refractivity (Wildman–Crippen MR) is 169 cm³/mol. The zero-order valence-corrected chi connectivity index (χ0v) is 27.8. The molecule has 0 saturated heterocycles. The summed E-state index contributed by atoms with van der Waals surface area (Å²) >= 11 is -0.826. The van der Waals surface area contributed by atoms with Gasteiger partial charge in [-0.25, -0.2) is 0 Å². The second-order valence-corrected chi connectivity index (χ2v) is 14.5. The molecule has 5 rings (SSSR count). The fourth-order valence-corrected chi connectivity index (χ4v) is 6.64. The predicted octanol–water partition coefficient (Wildman–Crippen LogP) is 11.6. The Kier molecular flexibility index (Phi) is 19.7. The van der Waals surface area contributed by atoms with Crippen LogP contribution in [0.1, 0.15) is 69.8 Å². The molecule has 0 radical (unpaired) electrons. The van der Waals surface area contributed by atoms with E-state index in [1.54, 1.807) is 0 Å². The third-order valence-electron chi connectivity index (χ3n) is 8.45. The molecule has 38 heavy (non-hydrogen) atoms. The number of benzene rings is 1. The Morgan fingerprint density at radius 3 is 2.00 bits per heavy atom. The second-order valence-electron chi connectivity index (χ2n) is 10.8. The SMILES string of the molecule is C1=CC2CC(CCCc3ccccc3)CC2C=C1.C=CCCCCC1CCC2C=CC=CC21.[CH3-].[CH3-].[Cl][Zr+2][Cl]. The van der Waals surface area contributed by atoms with Crippen LogP contribution in [0.3, 0.4) is 0 Å². The monoisotopic (exact) mass is 630 g/mol. The molecule has 3 heteroatoms. The number of fused-ring (bicyclic) bond motifs is 2. The second kappa shape index (κ2) is 21.2. The van der Waals surface area contributed by atoms with Gasteiger partial charge in [0.15, 0.2) is 0 Å². The van der Waals surface area contributed by atoms with Crippen LogP contribution in [0.5, 0.6) is 0 Å². The van der Waals surface area contributed by atoms with E-state index in [4.69, 9.17) is 17.0 Å². The molecule has 0 N–H and O–H groups in total. The van der Waals surface area contributed by atoms with E-state index in [9.17, 15) is 0 Å². The van der Waals surface area contributed by atoms with Gasteiger partial charge in [0.05, 0.1) is 0 Å². The zero-order chi connectivity index (χ0) is 25.4. The van der Waals surface area contributed by atoms with Gasteiger partial charge in [-0.2, -0.15) is 0 Å². The summed E-state index contributed by atoms with van der Waals surface area (Å²) < 4.78 is 0. The van der Waals surface area contributed by atoms with Gasteiger partial charge < -0.3 is 14.9 Å². The van der Waals surface area contributed by atoms with Crippen molar-refractivity contribution in [2.45, 2.75) is 70.6 Å². The number of allylic oxidation sites excluding steroid dienone is 9. The van der Waals surface area contributed by atoms with Crippen molar-refractivity contribution in [1.82, 2.24) is 0 Å². The molecule has 4 aliphatic carbocycles. The minimum absolute atomic E-state index is 0. The Morgan fingerprint density at radius 1 is 0.763 bits per heavy atom. The molecule has 0 spiro atoms. The Morgan fingerprint density at radius 2 is 1.37 bits per heavy atom. The average Bonchev–Trinajstić information content (AvgIpc) is 3.52. The Labute approximate surface area is 254 Å². The molecule has 0 heterocycles. The van der Waals surface area contributed by atoms with Crippen LogP contribution in [0.15, 0.2) is 91.6 Å². The van der Waals surface area contributed by atoms with Crippen molar-refractivity contribution in [1.29, 1.82) is 0 Å². The molecule has 2 fully saturated rings. The fourth-order valence-electron chi connectivity index (χ4n) is 6.64. The molecule has 208 valence electrons. The molecule has 0 aliphatic heterocycles. The van der Waals surface area contributed by atoms with E-state index < -0.39 is 20.8 Å². The summed E-state index contributed by atoms with van der Waals surface area (Å²) in [7, 11) is 9.87. The fraction of sp³-hybridized carbons (Fsp3) is 0.486. The van der Waals surface area contributed by atoms with Gasteiger partial charge in [0.1, 0.15) is 0 Å². The Hall–Kier alpha value is -0.617.